The van der Waals surface area contributed by atoms with E-state index in [2.05, 4.69) is 33.0 Å². The van der Waals surface area contributed by atoms with E-state index >= 15 is 0 Å². The van der Waals surface area contributed by atoms with Gasteiger partial charge in [0.05, 0.1) is 24.7 Å². The fourth-order valence-electron chi connectivity index (χ4n) is 8.40. The maximum absolute atomic E-state index is 13.4. The summed E-state index contributed by atoms with van der Waals surface area (Å²) < 4.78 is 5.50. The second-order valence-electron chi connectivity index (χ2n) is 13.0. The third kappa shape index (κ3) is 6.75. The summed E-state index contributed by atoms with van der Waals surface area (Å²) in [6.07, 6.45) is 15.5. The molecule has 39 heavy (non-hydrogen) atoms. The molecule has 5 rings (SSSR count). The van der Waals surface area contributed by atoms with Crippen LogP contribution in [0.15, 0.2) is 0 Å². The number of carbonyl (C=O) groups excluding carboxylic acids is 1. The Bertz CT molecular complexity index is 909. The van der Waals surface area contributed by atoms with Crippen molar-refractivity contribution in [2.24, 2.45) is 29.6 Å². The molecule has 5 atom stereocenters. The molecular weight excluding hydrogens is 488 g/mol. The fourth-order valence-corrected chi connectivity index (χ4v) is 8.40. The van der Waals surface area contributed by atoms with Gasteiger partial charge in [-0.05, 0) is 95.4 Å². The van der Waals surface area contributed by atoms with Crippen LogP contribution in [-0.4, -0.2) is 78.5 Å². The van der Waals surface area contributed by atoms with Crippen LogP contribution in [0.2, 0.25) is 0 Å². The van der Waals surface area contributed by atoms with Crippen molar-refractivity contribution in [2.75, 3.05) is 33.4 Å². The number of carbonyl (C=O) groups is 1. The number of nitrogens with zero attached hydrogens (tertiary/aromatic N) is 3. The molecular formula is C32H50N4O3. The summed E-state index contributed by atoms with van der Waals surface area (Å²) in [6.45, 7) is 2.85. The summed E-state index contributed by atoms with van der Waals surface area (Å²) in [6, 6.07) is 3.43. The molecule has 3 saturated carbocycles. The molecule has 0 radical (unpaired) electrons. The Labute approximate surface area is 236 Å². The summed E-state index contributed by atoms with van der Waals surface area (Å²) in [7, 11) is 1.78. The maximum Gasteiger partial charge on any atom is 0.317 e. The molecule has 0 bridgehead atoms. The molecule has 2 amide bonds. The number of hydrogen-bond donors (Lipinski definition) is 2. The van der Waals surface area contributed by atoms with E-state index in [4.69, 9.17) is 4.74 Å². The SMILES string of the molecule is COC1CCC(NC(=O)N2CCCCN3[C@H](CO)[C@H](C4CCC(C#CC5CCCCC5C#N)CC4)[C@@H]3C2)CC1. The number of nitrogens with one attached hydrogen (secondary N) is 1. The van der Waals surface area contributed by atoms with E-state index in [-0.39, 0.29) is 36.6 Å². The molecule has 2 aliphatic heterocycles. The number of rotatable bonds is 4. The Morgan fingerprint density at radius 2 is 1.64 bits per heavy atom. The largest absolute Gasteiger partial charge is 0.395 e. The van der Waals surface area contributed by atoms with Crippen LogP contribution in [0, 0.1) is 52.8 Å². The number of methoxy groups -OCH3 is 1. The van der Waals surface area contributed by atoms with Crippen molar-refractivity contribution in [3.8, 4) is 17.9 Å². The Morgan fingerprint density at radius 3 is 2.33 bits per heavy atom. The van der Waals surface area contributed by atoms with Crippen molar-refractivity contribution in [2.45, 2.75) is 114 Å². The number of fused-ring (bicyclic) bond motifs is 1. The number of aliphatic hydroxyl groups is 1. The third-order valence-electron chi connectivity index (χ3n) is 10.8. The van der Waals surface area contributed by atoms with Crippen LogP contribution in [-0.2, 0) is 4.74 Å². The molecule has 5 fully saturated rings. The number of urea groups is 1. The summed E-state index contributed by atoms with van der Waals surface area (Å²) >= 11 is 0. The Balaban J connectivity index is 1.16. The van der Waals surface area contributed by atoms with Crippen LogP contribution >= 0.6 is 0 Å². The molecule has 2 unspecified atom stereocenters. The molecule has 5 aliphatic rings. The molecule has 216 valence electrons. The van der Waals surface area contributed by atoms with Crippen molar-refractivity contribution in [1.29, 1.82) is 5.26 Å². The molecule has 2 saturated heterocycles. The summed E-state index contributed by atoms with van der Waals surface area (Å²) in [5.74, 6) is 8.99. The van der Waals surface area contributed by atoms with Gasteiger partial charge in [0, 0.05) is 50.2 Å². The molecule has 3 aliphatic carbocycles. The second-order valence-corrected chi connectivity index (χ2v) is 13.0. The van der Waals surface area contributed by atoms with E-state index < -0.39 is 0 Å². The zero-order valence-electron chi connectivity index (χ0n) is 24.0. The van der Waals surface area contributed by atoms with Gasteiger partial charge in [-0.2, -0.15) is 5.26 Å². The predicted molar refractivity (Wildman–Crippen MR) is 152 cm³/mol. The molecule has 2 N–H and O–H groups in total. The lowest BCUT2D eigenvalue weighted by molar-refractivity contribution is -0.123. The van der Waals surface area contributed by atoms with Gasteiger partial charge in [0.15, 0.2) is 0 Å². The maximum atomic E-state index is 13.4. The summed E-state index contributed by atoms with van der Waals surface area (Å²) in [5.41, 5.74) is 0. The van der Waals surface area contributed by atoms with E-state index in [9.17, 15) is 15.2 Å². The van der Waals surface area contributed by atoms with E-state index in [0.717, 1.165) is 96.7 Å². The van der Waals surface area contributed by atoms with E-state index in [1.54, 1.807) is 7.11 Å². The van der Waals surface area contributed by atoms with Crippen molar-refractivity contribution in [1.82, 2.24) is 15.1 Å². The Kier molecular flexibility index (Phi) is 10.1. The molecule has 0 spiro atoms. The Hall–Kier alpha value is -1.80. The van der Waals surface area contributed by atoms with Crippen LogP contribution in [0.25, 0.3) is 0 Å². The first kappa shape index (κ1) is 28.7. The minimum atomic E-state index is 0.0984. The molecule has 2 heterocycles. The monoisotopic (exact) mass is 538 g/mol. The first-order valence-corrected chi connectivity index (χ1v) is 16.0. The van der Waals surface area contributed by atoms with Gasteiger partial charge in [0.2, 0.25) is 0 Å². The topological polar surface area (TPSA) is 88.8 Å². The van der Waals surface area contributed by atoms with E-state index in [0.29, 0.717) is 29.9 Å². The fraction of sp³-hybridized carbons (Fsp3) is 0.875. The van der Waals surface area contributed by atoms with Crippen molar-refractivity contribution < 1.29 is 14.6 Å². The first-order valence-electron chi connectivity index (χ1n) is 16.0. The highest BCUT2D eigenvalue weighted by molar-refractivity contribution is 5.74. The normalized spacial score (nSPS) is 39.5. The van der Waals surface area contributed by atoms with Gasteiger partial charge in [-0.15, -0.1) is 0 Å². The van der Waals surface area contributed by atoms with Crippen LogP contribution in [0.5, 0.6) is 0 Å². The van der Waals surface area contributed by atoms with Crippen molar-refractivity contribution in [3.05, 3.63) is 0 Å². The minimum Gasteiger partial charge on any atom is -0.395 e. The molecule has 0 aromatic heterocycles. The van der Waals surface area contributed by atoms with E-state index in [1.807, 2.05) is 0 Å². The lowest BCUT2D eigenvalue weighted by atomic mass is 9.65. The van der Waals surface area contributed by atoms with Crippen LogP contribution in [0.3, 0.4) is 0 Å². The lowest BCUT2D eigenvalue weighted by Gasteiger charge is -2.60. The molecule has 0 aromatic carbocycles. The smallest absolute Gasteiger partial charge is 0.317 e. The van der Waals surface area contributed by atoms with Crippen LogP contribution in [0.1, 0.15) is 89.9 Å². The summed E-state index contributed by atoms with van der Waals surface area (Å²) in [5, 5.41) is 23.2. The van der Waals surface area contributed by atoms with Gasteiger partial charge >= 0.3 is 6.03 Å². The predicted octanol–water partition coefficient (Wildman–Crippen LogP) is 4.55. The average Bonchev–Trinajstić information content (AvgIpc) is 2.96. The molecule has 7 heteroatoms. The summed E-state index contributed by atoms with van der Waals surface area (Å²) in [4.78, 5) is 17.9. The van der Waals surface area contributed by atoms with Gasteiger partial charge in [-0.1, -0.05) is 24.7 Å². The number of ether oxygens (including phenoxy) is 1. The zero-order valence-corrected chi connectivity index (χ0v) is 24.0. The highest BCUT2D eigenvalue weighted by atomic mass is 16.5. The van der Waals surface area contributed by atoms with Crippen LogP contribution in [0.4, 0.5) is 4.79 Å². The highest BCUT2D eigenvalue weighted by Gasteiger charge is 2.52. The lowest BCUT2D eigenvalue weighted by Crippen LogP contribution is -2.71. The highest BCUT2D eigenvalue weighted by Crippen LogP contribution is 2.45. The van der Waals surface area contributed by atoms with Gasteiger partial charge in [-0.25, -0.2) is 4.79 Å². The van der Waals surface area contributed by atoms with Gasteiger partial charge in [0.25, 0.3) is 0 Å². The number of amides is 2. The van der Waals surface area contributed by atoms with Crippen molar-refractivity contribution >= 4 is 6.03 Å². The van der Waals surface area contributed by atoms with E-state index in [1.165, 1.54) is 12.8 Å². The number of nitriles is 1. The Morgan fingerprint density at radius 1 is 0.923 bits per heavy atom. The third-order valence-corrected chi connectivity index (χ3v) is 10.8. The average molecular weight is 539 g/mol. The quantitative estimate of drug-likeness (QED) is 0.513. The number of hydrogen-bond acceptors (Lipinski definition) is 5. The second kappa shape index (κ2) is 13.7. The van der Waals surface area contributed by atoms with Crippen molar-refractivity contribution in [3.63, 3.8) is 0 Å². The molecule has 0 aromatic rings. The number of aliphatic hydroxyl groups excluding tert-OH is 1. The minimum absolute atomic E-state index is 0.0984. The van der Waals surface area contributed by atoms with Crippen LogP contribution < -0.4 is 5.32 Å². The standard InChI is InChI=1S/C32H50N4O3/c1-39-28-16-14-27(15-17-28)34-32(38)35-18-4-5-19-36-29(21-35)31(30(36)22-37)25-12-9-23(10-13-25)8-11-24-6-2-3-7-26(24)20-33/h23-31,37H,2-7,9-10,12-19,21-22H2,1H3,(H,34,38)/t23?,24?,25?,26?,27?,28?,29-,30+,31+/m0/s1. The van der Waals surface area contributed by atoms with Gasteiger partial charge < -0.3 is 20.1 Å². The molecule has 7 nitrogen and oxygen atoms in total. The van der Waals surface area contributed by atoms with Gasteiger partial charge in [0.1, 0.15) is 0 Å². The first-order chi connectivity index (χ1) is 19.1. The zero-order chi connectivity index (χ0) is 27.2. The van der Waals surface area contributed by atoms with Gasteiger partial charge in [-0.3, -0.25) is 4.90 Å².